The van der Waals surface area contributed by atoms with Gasteiger partial charge in [-0.1, -0.05) is 54.4 Å². The Balaban J connectivity index is 0.000000417. The molecule has 208 valence electrons. The van der Waals surface area contributed by atoms with Gasteiger partial charge in [-0.3, -0.25) is 14.5 Å². The van der Waals surface area contributed by atoms with E-state index >= 15 is 0 Å². The molecule has 0 aliphatic carbocycles. The number of ether oxygens (including phenoxy) is 2. The Labute approximate surface area is 237 Å². The third-order valence-corrected chi connectivity index (χ3v) is 9.64. The molecule has 2 unspecified atom stereocenters. The van der Waals surface area contributed by atoms with Gasteiger partial charge in [-0.05, 0) is 68.4 Å². The smallest absolute Gasteiger partial charge is 0.241 e. The van der Waals surface area contributed by atoms with E-state index in [0.29, 0.717) is 24.5 Å². The summed E-state index contributed by atoms with van der Waals surface area (Å²) in [7, 11) is -0.677. The van der Waals surface area contributed by atoms with Gasteiger partial charge in [-0.15, -0.1) is 0 Å². The standard InChI is InChI=1S/C23H33ClN2O4S.C6H5Cl/c1-6-23(15(2)30-23)20-22(10-9-19(27)25-20)17-8-7-16(24)13-18(17)26(21(22)28)14-29-11-12-31(3,4)5;7-6-4-2-1-3-5-6/h7-8,13,15,20H,6,9-12,14H2,1-5H3,(H,25,27);1-5H/t15?,20?,22-,23+;/m1./s1. The summed E-state index contributed by atoms with van der Waals surface area (Å²) in [5.41, 5.74) is 0.288. The Morgan fingerprint density at radius 2 is 1.79 bits per heavy atom. The van der Waals surface area contributed by atoms with Crippen LogP contribution < -0.4 is 10.2 Å². The van der Waals surface area contributed by atoms with Crippen LogP contribution in [0.3, 0.4) is 0 Å². The Morgan fingerprint density at radius 1 is 1.11 bits per heavy atom. The van der Waals surface area contributed by atoms with Crippen LogP contribution in [0.4, 0.5) is 5.69 Å². The van der Waals surface area contributed by atoms with Gasteiger partial charge in [-0.25, -0.2) is 10.0 Å². The minimum Gasteiger partial charge on any atom is -0.364 e. The van der Waals surface area contributed by atoms with Gasteiger partial charge >= 0.3 is 0 Å². The second kappa shape index (κ2) is 11.4. The van der Waals surface area contributed by atoms with Crippen molar-refractivity contribution in [2.24, 2.45) is 0 Å². The number of nitrogens with one attached hydrogen (secondary N) is 1. The Hall–Kier alpha value is -1.77. The lowest BCUT2D eigenvalue weighted by Gasteiger charge is -2.43. The van der Waals surface area contributed by atoms with Crippen molar-refractivity contribution in [1.29, 1.82) is 0 Å². The molecule has 2 fully saturated rings. The zero-order chi connectivity index (χ0) is 27.7. The quantitative estimate of drug-likeness (QED) is 0.333. The lowest BCUT2D eigenvalue weighted by atomic mass is 9.64. The number of fused-ring (bicyclic) bond motifs is 2. The van der Waals surface area contributed by atoms with E-state index < -0.39 is 27.1 Å². The van der Waals surface area contributed by atoms with Crippen LogP contribution in [0.1, 0.15) is 38.7 Å². The van der Waals surface area contributed by atoms with Crippen LogP contribution in [-0.2, 0) is 24.5 Å². The molecule has 3 aliphatic heterocycles. The minimum atomic E-state index is -0.868. The Kier molecular flexibility index (Phi) is 8.75. The van der Waals surface area contributed by atoms with Gasteiger partial charge < -0.3 is 14.8 Å². The molecule has 0 saturated carbocycles. The number of amides is 2. The van der Waals surface area contributed by atoms with E-state index in [1.54, 1.807) is 4.90 Å². The summed E-state index contributed by atoms with van der Waals surface area (Å²) in [6.07, 6.45) is 8.22. The number of halogens is 2. The lowest BCUT2D eigenvalue weighted by molar-refractivity contribution is -0.133. The molecule has 2 amide bonds. The first-order valence-electron chi connectivity index (χ1n) is 13.0. The van der Waals surface area contributed by atoms with E-state index in [1.165, 1.54) is 0 Å². The van der Waals surface area contributed by atoms with Crippen LogP contribution in [0.15, 0.2) is 48.5 Å². The van der Waals surface area contributed by atoms with Gasteiger partial charge in [-0.2, -0.15) is 0 Å². The minimum absolute atomic E-state index is 0.0126. The lowest BCUT2D eigenvalue weighted by Crippen LogP contribution is -2.65. The summed E-state index contributed by atoms with van der Waals surface area (Å²) in [5, 5.41) is 4.51. The molecule has 0 radical (unpaired) electrons. The fraction of sp³-hybridized carbons (Fsp3) is 0.517. The molecule has 1 N–H and O–H groups in total. The topological polar surface area (TPSA) is 71.2 Å². The third-order valence-electron chi connectivity index (χ3n) is 7.76. The first-order valence-corrected chi connectivity index (χ1v) is 16.8. The summed E-state index contributed by atoms with van der Waals surface area (Å²) < 4.78 is 12.0. The summed E-state index contributed by atoms with van der Waals surface area (Å²) in [6, 6.07) is 14.6. The number of piperidine rings is 1. The van der Waals surface area contributed by atoms with Crippen LogP contribution >= 0.6 is 33.2 Å². The number of nitrogens with zero attached hydrogens (tertiary/aromatic N) is 1. The molecule has 5 rings (SSSR count). The second-order valence-corrected chi connectivity index (χ2v) is 16.5. The van der Waals surface area contributed by atoms with Crippen LogP contribution in [0.2, 0.25) is 10.0 Å². The van der Waals surface area contributed by atoms with Gasteiger partial charge in [0.15, 0.2) is 0 Å². The van der Waals surface area contributed by atoms with Crippen LogP contribution in [0.5, 0.6) is 0 Å². The van der Waals surface area contributed by atoms with Gasteiger partial charge in [0.05, 0.1) is 24.4 Å². The third kappa shape index (κ3) is 5.73. The highest BCUT2D eigenvalue weighted by Crippen LogP contribution is 2.56. The highest BCUT2D eigenvalue weighted by molar-refractivity contribution is 8.32. The number of carbonyl (C=O) groups excluding carboxylic acids is 2. The van der Waals surface area contributed by atoms with Crippen molar-refractivity contribution in [2.45, 2.75) is 56.3 Å². The van der Waals surface area contributed by atoms with Crippen LogP contribution in [0, 0.1) is 0 Å². The van der Waals surface area contributed by atoms with Crippen molar-refractivity contribution in [3.8, 4) is 0 Å². The number of carbonyl (C=O) groups is 2. The molecule has 6 nitrogen and oxygen atoms in total. The first-order chi connectivity index (χ1) is 17.9. The molecule has 0 bridgehead atoms. The van der Waals surface area contributed by atoms with Crippen molar-refractivity contribution in [1.82, 2.24) is 5.32 Å². The van der Waals surface area contributed by atoms with E-state index in [1.807, 2.05) is 55.5 Å². The number of hydrogen-bond donors (Lipinski definition) is 1. The Morgan fingerprint density at radius 3 is 2.34 bits per heavy atom. The maximum absolute atomic E-state index is 14.1. The second-order valence-electron chi connectivity index (χ2n) is 11.1. The molecule has 1 spiro atoms. The monoisotopic (exact) mass is 580 g/mol. The number of benzene rings is 2. The number of epoxide rings is 1. The molecule has 4 atom stereocenters. The maximum Gasteiger partial charge on any atom is 0.241 e. The largest absolute Gasteiger partial charge is 0.364 e. The number of hydrogen-bond acceptors (Lipinski definition) is 4. The van der Waals surface area contributed by atoms with Crippen LogP contribution in [0.25, 0.3) is 0 Å². The molecule has 9 heteroatoms. The molecular formula is C29H38Cl2N2O4S. The van der Waals surface area contributed by atoms with E-state index in [0.717, 1.165) is 28.4 Å². The van der Waals surface area contributed by atoms with Crippen molar-refractivity contribution >= 4 is 50.7 Å². The highest BCUT2D eigenvalue weighted by Gasteiger charge is 2.70. The molecule has 0 aromatic heterocycles. The zero-order valence-electron chi connectivity index (χ0n) is 22.8. The predicted octanol–water partition coefficient (Wildman–Crippen LogP) is 5.78. The Bertz CT molecular complexity index is 1170. The summed E-state index contributed by atoms with van der Waals surface area (Å²) >= 11 is 11.9. The predicted molar refractivity (Wildman–Crippen MR) is 158 cm³/mol. The van der Waals surface area contributed by atoms with Crippen LogP contribution in [-0.4, -0.2) is 67.4 Å². The van der Waals surface area contributed by atoms with E-state index in [9.17, 15) is 9.59 Å². The first kappa shape index (κ1) is 29.2. The van der Waals surface area contributed by atoms with Gasteiger partial charge in [0.2, 0.25) is 11.8 Å². The maximum atomic E-state index is 14.1. The van der Waals surface area contributed by atoms with Gasteiger partial charge in [0, 0.05) is 22.2 Å². The van der Waals surface area contributed by atoms with Crippen molar-refractivity contribution in [3.05, 3.63) is 64.1 Å². The fourth-order valence-electron chi connectivity index (χ4n) is 5.62. The van der Waals surface area contributed by atoms with E-state index in [4.69, 9.17) is 32.7 Å². The molecule has 3 heterocycles. The highest BCUT2D eigenvalue weighted by atomic mass is 35.5. The fourth-order valence-corrected chi connectivity index (χ4v) is 6.55. The number of anilines is 1. The molecule has 2 saturated heterocycles. The summed E-state index contributed by atoms with van der Waals surface area (Å²) in [5.74, 6) is 0.914. The summed E-state index contributed by atoms with van der Waals surface area (Å²) in [4.78, 5) is 28.2. The molecule has 3 aliphatic rings. The summed E-state index contributed by atoms with van der Waals surface area (Å²) in [6.45, 7) is 4.84. The average Bonchev–Trinajstić information content (AvgIpc) is 3.48. The SMILES string of the molecule is CC[C@]1(C2NC(=O)CC[C@]23C(=O)N(COCCS(C)(C)C)c2cc(Cl)ccc23)OC1C.Clc1ccccc1. The average molecular weight is 582 g/mol. The van der Waals surface area contributed by atoms with Crippen molar-refractivity contribution < 1.29 is 19.1 Å². The van der Waals surface area contributed by atoms with Crippen molar-refractivity contribution in [3.63, 3.8) is 0 Å². The number of rotatable bonds is 7. The normalized spacial score (nSPS) is 28.4. The molecule has 2 aromatic rings. The molecular weight excluding hydrogens is 543 g/mol. The zero-order valence-corrected chi connectivity index (χ0v) is 25.1. The van der Waals surface area contributed by atoms with E-state index in [-0.39, 0.29) is 24.6 Å². The van der Waals surface area contributed by atoms with Gasteiger partial charge in [0.1, 0.15) is 17.7 Å². The molecule has 38 heavy (non-hydrogen) atoms. The van der Waals surface area contributed by atoms with Crippen molar-refractivity contribution in [2.75, 3.05) is 42.8 Å². The van der Waals surface area contributed by atoms with E-state index in [2.05, 4.69) is 31.0 Å². The molecule has 2 aromatic carbocycles. The van der Waals surface area contributed by atoms with Gasteiger partial charge in [0.25, 0.3) is 0 Å².